The van der Waals surface area contributed by atoms with Gasteiger partial charge in [-0.15, -0.1) is 11.3 Å². The van der Waals surface area contributed by atoms with Crippen LogP contribution in [-0.4, -0.2) is 25.8 Å². The van der Waals surface area contributed by atoms with Gasteiger partial charge in [0, 0.05) is 9.75 Å². The Morgan fingerprint density at radius 1 is 1.53 bits per heavy atom. The number of halogens is 3. The molecule has 0 aliphatic carbocycles. The smallest absolute Gasteiger partial charge is 0.401 e. The molecule has 1 N–H and O–H groups in total. The number of hydrogen-bond acceptors (Lipinski definition) is 4. The van der Waals surface area contributed by atoms with Gasteiger partial charge in [-0.2, -0.15) is 13.2 Å². The summed E-state index contributed by atoms with van der Waals surface area (Å²) in [6, 6.07) is 2.29. The highest BCUT2D eigenvalue weighted by Gasteiger charge is 2.31. The molecule has 17 heavy (non-hydrogen) atoms. The van der Waals surface area contributed by atoms with E-state index >= 15 is 0 Å². The first-order valence-corrected chi connectivity index (χ1v) is 5.59. The molecule has 1 atom stereocenters. The van der Waals surface area contributed by atoms with Crippen molar-refractivity contribution in [2.75, 3.05) is 13.7 Å². The summed E-state index contributed by atoms with van der Waals surface area (Å²) < 4.78 is 40.8. The summed E-state index contributed by atoms with van der Waals surface area (Å²) in [6.45, 7) is 0.579. The van der Waals surface area contributed by atoms with E-state index in [9.17, 15) is 18.0 Å². The van der Waals surface area contributed by atoms with Crippen molar-refractivity contribution in [1.29, 1.82) is 0 Å². The fourth-order valence-electron chi connectivity index (χ4n) is 1.24. The number of carbonyl (C=O) groups is 1. The van der Waals surface area contributed by atoms with Gasteiger partial charge in [0.1, 0.15) is 6.04 Å². The Labute approximate surface area is 101 Å². The van der Waals surface area contributed by atoms with Crippen molar-refractivity contribution >= 4 is 17.3 Å². The Hall–Kier alpha value is -1.08. The summed E-state index contributed by atoms with van der Waals surface area (Å²) in [5.74, 6) is -0.726. The fraction of sp³-hybridized carbons (Fsp3) is 0.500. The van der Waals surface area contributed by atoms with Crippen LogP contribution >= 0.6 is 11.3 Å². The molecule has 0 bridgehead atoms. The van der Waals surface area contributed by atoms with Crippen LogP contribution < -0.4 is 5.32 Å². The number of thiophene rings is 1. The number of esters is 1. The van der Waals surface area contributed by atoms with Crippen LogP contribution in [0.1, 0.15) is 15.8 Å². The maximum Gasteiger partial charge on any atom is 0.401 e. The van der Waals surface area contributed by atoms with Gasteiger partial charge in [-0.05, 0) is 19.1 Å². The van der Waals surface area contributed by atoms with Gasteiger partial charge < -0.3 is 4.74 Å². The molecule has 1 unspecified atom stereocenters. The van der Waals surface area contributed by atoms with Gasteiger partial charge in [0.2, 0.25) is 0 Å². The normalized spacial score (nSPS) is 13.5. The SMILES string of the molecule is COC(=O)C(NCC(F)(F)F)c1ccc(C)s1. The van der Waals surface area contributed by atoms with Gasteiger partial charge >= 0.3 is 12.1 Å². The van der Waals surface area contributed by atoms with Gasteiger partial charge in [-0.3, -0.25) is 5.32 Å². The summed E-state index contributed by atoms with van der Waals surface area (Å²) in [7, 11) is 1.14. The summed E-state index contributed by atoms with van der Waals surface area (Å²) in [4.78, 5) is 12.8. The molecule has 0 aliphatic rings. The van der Waals surface area contributed by atoms with E-state index in [-0.39, 0.29) is 0 Å². The van der Waals surface area contributed by atoms with E-state index in [2.05, 4.69) is 10.1 Å². The number of carbonyl (C=O) groups excluding carboxylic acids is 1. The van der Waals surface area contributed by atoms with E-state index in [1.807, 2.05) is 6.92 Å². The maximum absolute atomic E-state index is 12.1. The molecule has 1 rings (SSSR count). The van der Waals surface area contributed by atoms with Crippen LogP contribution in [0.25, 0.3) is 0 Å². The Balaban J connectivity index is 2.78. The Kier molecular flexibility index (Phi) is 4.53. The van der Waals surface area contributed by atoms with Gasteiger partial charge in [-0.25, -0.2) is 4.79 Å². The molecule has 3 nitrogen and oxygen atoms in total. The Morgan fingerprint density at radius 3 is 2.59 bits per heavy atom. The number of alkyl halides is 3. The first kappa shape index (κ1) is 14.0. The van der Waals surface area contributed by atoms with Crippen LogP contribution in [-0.2, 0) is 9.53 Å². The van der Waals surface area contributed by atoms with Gasteiger partial charge in [0.15, 0.2) is 0 Å². The Bertz CT molecular complexity index is 389. The summed E-state index contributed by atoms with van der Waals surface area (Å²) in [5.41, 5.74) is 0. The molecule has 0 spiro atoms. The van der Waals surface area contributed by atoms with Gasteiger partial charge in [-0.1, -0.05) is 0 Å². The largest absolute Gasteiger partial charge is 0.468 e. The van der Waals surface area contributed by atoms with Crippen molar-refractivity contribution in [3.05, 3.63) is 21.9 Å². The lowest BCUT2D eigenvalue weighted by molar-refractivity contribution is -0.146. The van der Waals surface area contributed by atoms with Crippen LogP contribution in [0.15, 0.2) is 12.1 Å². The van der Waals surface area contributed by atoms with E-state index in [0.29, 0.717) is 4.88 Å². The molecule has 7 heteroatoms. The zero-order valence-electron chi connectivity index (χ0n) is 9.30. The average Bonchev–Trinajstić information content (AvgIpc) is 2.63. The van der Waals surface area contributed by atoms with Gasteiger partial charge in [0.25, 0.3) is 0 Å². The van der Waals surface area contributed by atoms with Crippen molar-refractivity contribution in [3.63, 3.8) is 0 Å². The monoisotopic (exact) mass is 267 g/mol. The second-order valence-corrected chi connectivity index (χ2v) is 4.72. The highest BCUT2D eigenvalue weighted by atomic mass is 32.1. The molecule has 0 aliphatic heterocycles. The third-order valence-electron chi connectivity index (χ3n) is 1.99. The first-order valence-electron chi connectivity index (χ1n) is 4.78. The molecule has 0 fully saturated rings. The highest BCUT2D eigenvalue weighted by molar-refractivity contribution is 7.12. The predicted octanol–water partition coefficient (Wildman–Crippen LogP) is 2.42. The molecule has 96 valence electrons. The van der Waals surface area contributed by atoms with Crippen LogP contribution in [0.4, 0.5) is 13.2 Å². The van der Waals surface area contributed by atoms with E-state index in [4.69, 9.17) is 0 Å². The average molecular weight is 267 g/mol. The maximum atomic E-state index is 12.1. The fourth-order valence-corrected chi connectivity index (χ4v) is 2.19. The minimum absolute atomic E-state index is 0.513. The molecule has 0 saturated carbocycles. The van der Waals surface area contributed by atoms with E-state index in [0.717, 1.165) is 12.0 Å². The summed E-state index contributed by atoms with van der Waals surface area (Å²) in [6.07, 6.45) is -4.36. The van der Waals surface area contributed by atoms with Crippen LogP contribution in [0.5, 0.6) is 0 Å². The lowest BCUT2D eigenvalue weighted by Crippen LogP contribution is -2.36. The lowest BCUT2D eigenvalue weighted by Gasteiger charge is -2.16. The number of aryl methyl sites for hydroxylation is 1. The molecule has 1 aromatic heterocycles. The second-order valence-electron chi connectivity index (χ2n) is 3.40. The topological polar surface area (TPSA) is 38.3 Å². The zero-order valence-corrected chi connectivity index (χ0v) is 10.1. The zero-order chi connectivity index (χ0) is 13.1. The van der Waals surface area contributed by atoms with Crippen molar-refractivity contribution < 1.29 is 22.7 Å². The van der Waals surface area contributed by atoms with Gasteiger partial charge in [0.05, 0.1) is 13.7 Å². The van der Waals surface area contributed by atoms with Crippen molar-refractivity contribution in [3.8, 4) is 0 Å². The molecule has 0 amide bonds. The molecular weight excluding hydrogens is 255 g/mol. The summed E-state index contributed by atoms with van der Waals surface area (Å²) in [5, 5.41) is 2.15. The number of nitrogens with one attached hydrogen (secondary N) is 1. The third kappa shape index (κ3) is 4.35. The minimum Gasteiger partial charge on any atom is -0.468 e. The quantitative estimate of drug-likeness (QED) is 0.851. The number of ether oxygens (including phenoxy) is 1. The molecule has 0 saturated heterocycles. The molecule has 1 heterocycles. The number of rotatable bonds is 4. The highest BCUT2D eigenvalue weighted by Crippen LogP contribution is 2.25. The molecule has 0 aromatic carbocycles. The minimum atomic E-state index is -4.36. The van der Waals surface area contributed by atoms with E-state index < -0.39 is 24.7 Å². The third-order valence-corrected chi connectivity index (χ3v) is 3.05. The number of methoxy groups -OCH3 is 1. The van der Waals surface area contributed by atoms with E-state index in [1.165, 1.54) is 11.3 Å². The van der Waals surface area contributed by atoms with Crippen LogP contribution in [0, 0.1) is 6.92 Å². The van der Waals surface area contributed by atoms with Crippen molar-refractivity contribution in [2.45, 2.75) is 19.1 Å². The van der Waals surface area contributed by atoms with E-state index in [1.54, 1.807) is 12.1 Å². The molecular formula is C10H12F3NO2S. The lowest BCUT2D eigenvalue weighted by atomic mass is 10.2. The standard InChI is InChI=1S/C10H12F3NO2S/c1-6-3-4-7(17-6)8(9(15)16-2)14-5-10(11,12)13/h3-4,8,14H,5H2,1-2H3. The predicted molar refractivity (Wildman–Crippen MR) is 57.9 cm³/mol. The Morgan fingerprint density at radius 2 is 2.18 bits per heavy atom. The molecule has 0 radical (unpaired) electrons. The number of hydrogen-bond donors (Lipinski definition) is 1. The molecule has 1 aromatic rings. The van der Waals surface area contributed by atoms with Crippen LogP contribution in [0.3, 0.4) is 0 Å². The second kappa shape index (κ2) is 5.50. The summed E-state index contributed by atoms with van der Waals surface area (Å²) >= 11 is 1.26. The van der Waals surface area contributed by atoms with Crippen molar-refractivity contribution in [2.24, 2.45) is 0 Å². The van der Waals surface area contributed by atoms with Crippen LogP contribution in [0.2, 0.25) is 0 Å². The first-order chi connectivity index (χ1) is 7.83. The van der Waals surface area contributed by atoms with Crippen molar-refractivity contribution in [1.82, 2.24) is 5.32 Å².